The zero-order valence-corrected chi connectivity index (χ0v) is 10.6. The number of urea groups is 1. The number of hydrogen-bond acceptors (Lipinski definition) is 3. The quantitative estimate of drug-likeness (QED) is 0.634. The van der Waals surface area contributed by atoms with Gasteiger partial charge >= 0.3 is 6.03 Å². The second-order valence-corrected chi connectivity index (χ2v) is 3.89. The summed E-state index contributed by atoms with van der Waals surface area (Å²) in [6, 6.07) is 7.58. The van der Waals surface area contributed by atoms with Crippen molar-refractivity contribution in [2.75, 3.05) is 20.3 Å². The normalized spacial score (nSPS) is 10.1. The molecule has 1 rings (SSSR count). The average Bonchev–Trinajstić information content (AvgIpc) is 2.38. The molecule has 2 amide bonds. The first kappa shape index (κ1) is 14.5. The molecule has 0 saturated carbocycles. The minimum atomic E-state index is -0.226. The third-order valence-electron chi connectivity index (χ3n) is 2.48. The van der Waals surface area contributed by atoms with Crippen molar-refractivity contribution in [1.82, 2.24) is 10.6 Å². The van der Waals surface area contributed by atoms with Crippen LogP contribution in [0, 0.1) is 0 Å². The summed E-state index contributed by atoms with van der Waals surface area (Å²) < 4.78 is 5.10. The highest BCUT2D eigenvalue weighted by Crippen LogP contribution is 2.09. The Morgan fingerprint density at radius 1 is 1.28 bits per heavy atom. The zero-order chi connectivity index (χ0) is 13.2. The van der Waals surface area contributed by atoms with E-state index < -0.39 is 0 Å². The number of carbonyl (C=O) groups is 1. The van der Waals surface area contributed by atoms with Gasteiger partial charge in [0.2, 0.25) is 0 Å². The lowest BCUT2D eigenvalue weighted by Gasteiger charge is -2.10. The van der Waals surface area contributed by atoms with E-state index in [1.165, 1.54) is 0 Å². The molecular weight excluding hydrogens is 232 g/mol. The summed E-state index contributed by atoms with van der Waals surface area (Å²) in [6.45, 7) is 1.55. The predicted molar refractivity (Wildman–Crippen MR) is 69.1 cm³/mol. The van der Waals surface area contributed by atoms with Crippen LogP contribution in [0.3, 0.4) is 0 Å². The zero-order valence-electron chi connectivity index (χ0n) is 10.6. The minimum Gasteiger partial charge on any atom is -0.396 e. The Kier molecular flexibility index (Phi) is 6.83. The maximum atomic E-state index is 11.4. The van der Waals surface area contributed by atoms with Crippen LogP contribution in [0.2, 0.25) is 0 Å². The largest absolute Gasteiger partial charge is 0.396 e. The Balaban J connectivity index is 2.40. The van der Waals surface area contributed by atoms with E-state index in [9.17, 15) is 4.79 Å². The van der Waals surface area contributed by atoms with Crippen LogP contribution in [0.5, 0.6) is 0 Å². The first-order chi connectivity index (χ1) is 8.77. The molecule has 0 bridgehead atoms. The van der Waals surface area contributed by atoms with Crippen LogP contribution in [-0.2, 0) is 17.9 Å². The maximum Gasteiger partial charge on any atom is 0.315 e. The van der Waals surface area contributed by atoms with Crippen LogP contribution in [0.15, 0.2) is 24.3 Å². The molecule has 0 aromatic heterocycles. The van der Waals surface area contributed by atoms with Gasteiger partial charge in [-0.05, 0) is 17.5 Å². The number of rotatable bonds is 7. The van der Waals surface area contributed by atoms with Gasteiger partial charge in [-0.15, -0.1) is 0 Å². The van der Waals surface area contributed by atoms with Crippen molar-refractivity contribution in [2.45, 2.75) is 19.6 Å². The SMILES string of the molecule is COCc1ccccc1CNC(=O)NCCCO. The fourth-order valence-electron chi connectivity index (χ4n) is 1.55. The lowest BCUT2D eigenvalue weighted by Crippen LogP contribution is -2.36. The number of benzene rings is 1. The smallest absolute Gasteiger partial charge is 0.315 e. The van der Waals surface area contributed by atoms with Crippen LogP contribution in [0.4, 0.5) is 4.79 Å². The molecule has 0 aliphatic heterocycles. The van der Waals surface area contributed by atoms with Crippen LogP contribution < -0.4 is 10.6 Å². The van der Waals surface area contributed by atoms with Gasteiger partial charge in [0.15, 0.2) is 0 Å². The van der Waals surface area contributed by atoms with E-state index in [1.807, 2.05) is 24.3 Å². The molecule has 18 heavy (non-hydrogen) atoms. The van der Waals surface area contributed by atoms with Crippen molar-refractivity contribution in [1.29, 1.82) is 0 Å². The Morgan fingerprint density at radius 2 is 2.00 bits per heavy atom. The van der Waals surface area contributed by atoms with Crippen molar-refractivity contribution >= 4 is 6.03 Å². The average molecular weight is 252 g/mol. The third-order valence-corrected chi connectivity index (χ3v) is 2.48. The summed E-state index contributed by atoms with van der Waals surface area (Å²) in [5.41, 5.74) is 2.10. The molecule has 100 valence electrons. The first-order valence-corrected chi connectivity index (χ1v) is 5.96. The van der Waals surface area contributed by atoms with Crippen LogP contribution in [0.1, 0.15) is 17.5 Å². The third kappa shape index (κ3) is 5.16. The molecule has 1 aromatic carbocycles. The van der Waals surface area contributed by atoms with Crippen molar-refractivity contribution < 1.29 is 14.6 Å². The van der Waals surface area contributed by atoms with E-state index in [-0.39, 0.29) is 12.6 Å². The second-order valence-electron chi connectivity index (χ2n) is 3.89. The molecule has 0 aliphatic rings. The van der Waals surface area contributed by atoms with Gasteiger partial charge in [0, 0.05) is 26.8 Å². The Hall–Kier alpha value is -1.59. The Morgan fingerprint density at radius 3 is 2.67 bits per heavy atom. The lowest BCUT2D eigenvalue weighted by molar-refractivity contribution is 0.184. The van der Waals surface area contributed by atoms with Gasteiger partial charge in [-0.2, -0.15) is 0 Å². The Labute approximate surface area is 107 Å². The van der Waals surface area contributed by atoms with E-state index in [4.69, 9.17) is 9.84 Å². The van der Waals surface area contributed by atoms with Crippen molar-refractivity contribution in [3.05, 3.63) is 35.4 Å². The molecule has 3 N–H and O–H groups in total. The molecular formula is C13H20N2O3. The van der Waals surface area contributed by atoms with Gasteiger partial charge in [-0.1, -0.05) is 24.3 Å². The highest BCUT2D eigenvalue weighted by atomic mass is 16.5. The molecule has 0 saturated heterocycles. The molecule has 0 spiro atoms. The predicted octanol–water partition coefficient (Wildman–Crippen LogP) is 1.01. The van der Waals surface area contributed by atoms with Gasteiger partial charge < -0.3 is 20.5 Å². The second kappa shape index (κ2) is 8.49. The van der Waals surface area contributed by atoms with E-state index in [0.29, 0.717) is 26.1 Å². The summed E-state index contributed by atoms with van der Waals surface area (Å²) in [7, 11) is 1.64. The molecule has 0 atom stereocenters. The van der Waals surface area contributed by atoms with Crippen LogP contribution in [-0.4, -0.2) is 31.4 Å². The number of nitrogens with one attached hydrogen (secondary N) is 2. The van der Waals surface area contributed by atoms with E-state index >= 15 is 0 Å². The van der Waals surface area contributed by atoms with Gasteiger partial charge in [0.25, 0.3) is 0 Å². The topological polar surface area (TPSA) is 70.6 Å². The molecule has 0 fully saturated rings. The first-order valence-electron chi connectivity index (χ1n) is 5.96. The standard InChI is InChI=1S/C13H20N2O3/c1-18-10-12-6-3-2-5-11(12)9-15-13(17)14-7-4-8-16/h2-3,5-6,16H,4,7-10H2,1H3,(H2,14,15,17). The minimum absolute atomic E-state index is 0.0803. The van der Waals surface area contributed by atoms with E-state index in [1.54, 1.807) is 7.11 Å². The molecule has 5 heteroatoms. The molecule has 0 radical (unpaired) electrons. The summed E-state index contributed by atoms with van der Waals surface area (Å²) in [5.74, 6) is 0. The fourth-order valence-corrected chi connectivity index (χ4v) is 1.55. The summed E-state index contributed by atoms with van der Waals surface area (Å²) in [4.78, 5) is 11.4. The Bertz CT molecular complexity index is 369. The molecule has 0 heterocycles. The van der Waals surface area contributed by atoms with Gasteiger partial charge in [-0.25, -0.2) is 4.79 Å². The fraction of sp³-hybridized carbons (Fsp3) is 0.462. The van der Waals surface area contributed by atoms with Crippen molar-refractivity contribution in [3.8, 4) is 0 Å². The maximum absolute atomic E-state index is 11.4. The highest BCUT2D eigenvalue weighted by molar-refractivity contribution is 5.73. The number of ether oxygens (including phenoxy) is 1. The molecule has 0 unspecified atom stereocenters. The summed E-state index contributed by atoms with van der Waals surface area (Å²) >= 11 is 0. The number of carbonyl (C=O) groups excluding carboxylic acids is 1. The molecule has 5 nitrogen and oxygen atoms in total. The summed E-state index contributed by atoms with van der Waals surface area (Å²) in [6.07, 6.45) is 0.563. The van der Waals surface area contributed by atoms with Gasteiger partial charge in [-0.3, -0.25) is 0 Å². The molecule has 1 aromatic rings. The lowest BCUT2D eigenvalue weighted by atomic mass is 10.1. The van der Waals surface area contributed by atoms with Gasteiger partial charge in [0.05, 0.1) is 6.61 Å². The van der Waals surface area contributed by atoms with Crippen molar-refractivity contribution in [3.63, 3.8) is 0 Å². The number of hydrogen-bond donors (Lipinski definition) is 3. The van der Waals surface area contributed by atoms with Crippen molar-refractivity contribution in [2.24, 2.45) is 0 Å². The summed E-state index contributed by atoms with van der Waals surface area (Å²) in [5, 5.41) is 14.0. The van der Waals surface area contributed by atoms with Crippen LogP contribution >= 0.6 is 0 Å². The molecule has 0 aliphatic carbocycles. The monoisotopic (exact) mass is 252 g/mol. The van der Waals surface area contributed by atoms with Gasteiger partial charge in [0.1, 0.15) is 0 Å². The number of methoxy groups -OCH3 is 1. The van der Waals surface area contributed by atoms with E-state index in [2.05, 4.69) is 10.6 Å². The highest BCUT2D eigenvalue weighted by Gasteiger charge is 2.03. The number of aliphatic hydroxyl groups excluding tert-OH is 1. The van der Waals surface area contributed by atoms with Crippen LogP contribution in [0.25, 0.3) is 0 Å². The van der Waals surface area contributed by atoms with E-state index in [0.717, 1.165) is 11.1 Å². The number of amides is 2. The number of aliphatic hydroxyl groups is 1.